The number of para-hydroxylation sites is 2. The average Bonchev–Trinajstić information content (AvgIpc) is 2.54. The molecule has 0 aliphatic carbocycles. The summed E-state index contributed by atoms with van der Waals surface area (Å²) < 4.78 is 48.7. The van der Waals surface area contributed by atoms with E-state index in [9.17, 15) is 18.0 Å². The van der Waals surface area contributed by atoms with Crippen molar-refractivity contribution in [2.24, 2.45) is 0 Å². The number of ether oxygens (including phenoxy) is 2. The number of hydrogen-bond donors (Lipinski definition) is 1. The smallest absolute Gasteiger partial charge is 0.416 e. The summed E-state index contributed by atoms with van der Waals surface area (Å²) in [4.78, 5) is 12.0. The molecule has 0 heterocycles. The Labute approximate surface area is 143 Å². The second-order valence-corrected chi connectivity index (χ2v) is 5.53. The summed E-state index contributed by atoms with van der Waals surface area (Å²) in [5, 5.41) is 2.62. The third-order valence-electron chi connectivity index (χ3n) is 3.06. The zero-order valence-corrected chi connectivity index (χ0v) is 13.8. The highest BCUT2D eigenvalue weighted by Gasteiger charge is 2.30. The molecular formula is C18H18F3NO3. The van der Waals surface area contributed by atoms with Crippen molar-refractivity contribution in [3.8, 4) is 11.5 Å². The summed E-state index contributed by atoms with van der Waals surface area (Å²) in [6, 6.07) is 11.3. The molecule has 1 N–H and O–H groups in total. The molecule has 0 aromatic heterocycles. The third kappa shape index (κ3) is 5.70. The van der Waals surface area contributed by atoms with Crippen molar-refractivity contribution in [3.05, 3.63) is 54.1 Å². The topological polar surface area (TPSA) is 47.6 Å². The van der Waals surface area contributed by atoms with Gasteiger partial charge in [-0.2, -0.15) is 13.2 Å². The number of hydrogen-bond acceptors (Lipinski definition) is 3. The van der Waals surface area contributed by atoms with Gasteiger partial charge in [0.25, 0.3) is 5.91 Å². The second-order valence-electron chi connectivity index (χ2n) is 5.53. The zero-order valence-electron chi connectivity index (χ0n) is 13.8. The molecule has 0 bridgehead atoms. The molecule has 2 rings (SSSR count). The van der Waals surface area contributed by atoms with E-state index in [1.807, 2.05) is 13.8 Å². The van der Waals surface area contributed by atoms with Crippen LogP contribution in [0.5, 0.6) is 11.5 Å². The largest absolute Gasteiger partial charge is 0.489 e. The molecule has 0 radical (unpaired) electrons. The van der Waals surface area contributed by atoms with Crippen molar-refractivity contribution < 1.29 is 27.4 Å². The van der Waals surface area contributed by atoms with Gasteiger partial charge in [-0.05, 0) is 44.2 Å². The van der Waals surface area contributed by atoms with E-state index in [2.05, 4.69) is 5.32 Å². The van der Waals surface area contributed by atoms with Crippen LogP contribution in [0.4, 0.5) is 18.9 Å². The Bertz CT molecular complexity index is 730. The van der Waals surface area contributed by atoms with Crippen LogP contribution in [0, 0.1) is 0 Å². The highest BCUT2D eigenvalue weighted by atomic mass is 19.4. The van der Waals surface area contributed by atoms with E-state index in [1.165, 1.54) is 12.1 Å². The normalized spacial score (nSPS) is 11.3. The van der Waals surface area contributed by atoms with E-state index in [0.717, 1.165) is 12.1 Å². The fraction of sp³-hybridized carbons (Fsp3) is 0.278. The second kappa shape index (κ2) is 7.92. The lowest BCUT2D eigenvalue weighted by Gasteiger charge is -2.15. The van der Waals surface area contributed by atoms with Gasteiger partial charge >= 0.3 is 6.18 Å². The Morgan fingerprint density at radius 1 is 1.12 bits per heavy atom. The molecule has 0 saturated heterocycles. The minimum absolute atomic E-state index is 0.0308. The van der Waals surface area contributed by atoms with Crippen molar-refractivity contribution in [1.82, 2.24) is 0 Å². The molecule has 0 fully saturated rings. The molecule has 0 aliphatic heterocycles. The van der Waals surface area contributed by atoms with Crippen molar-refractivity contribution >= 4 is 11.6 Å². The molecule has 2 aromatic carbocycles. The molecule has 25 heavy (non-hydrogen) atoms. The number of anilines is 1. The van der Waals surface area contributed by atoms with Crippen LogP contribution in [0.3, 0.4) is 0 Å². The van der Waals surface area contributed by atoms with Crippen LogP contribution >= 0.6 is 0 Å². The van der Waals surface area contributed by atoms with Crippen molar-refractivity contribution in [2.75, 3.05) is 11.9 Å². The van der Waals surface area contributed by atoms with Gasteiger partial charge in [0.2, 0.25) is 0 Å². The Balaban J connectivity index is 1.98. The average molecular weight is 353 g/mol. The summed E-state index contributed by atoms with van der Waals surface area (Å²) in [6.07, 6.45) is -4.53. The Kier molecular flexibility index (Phi) is 5.90. The Hall–Kier alpha value is -2.70. The minimum Gasteiger partial charge on any atom is -0.489 e. The summed E-state index contributed by atoms with van der Waals surface area (Å²) >= 11 is 0. The molecule has 0 aliphatic rings. The van der Waals surface area contributed by atoms with Crippen LogP contribution < -0.4 is 14.8 Å². The maximum absolute atomic E-state index is 12.7. The SMILES string of the molecule is CC(C)Oc1ccccc1NC(=O)COc1cccc(C(F)(F)F)c1. The fourth-order valence-electron chi connectivity index (χ4n) is 2.02. The molecule has 1 amide bonds. The van der Waals surface area contributed by atoms with Crippen LogP contribution in [0.1, 0.15) is 19.4 Å². The van der Waals surface area contributed by atoms with Crippen LogP contribution in [0.25, 0.3) is 0 Å². The van der Waals surface area contributed by atoms with Gasteiger partial charge in [-0.1, -0.05) is 18.2 Å². The fourth-order valence-corrected chi connectivity index (χ4v) is 2.02. The van der Waals surface area contributed by atoms with E-state index < -0.39 is 24.3 Å². The maximum atomic E-state index is 12.7. The first kappa shape index (κ1) is 18.6. The highest BCUT2D eigenvalue weighted by molar-refractivity contribution is 5.93. The summed E-state index contributed by atoms with van der Waals surface area (Å²) in [5.41, 5.74) is -0.366. The van der Waals surface area contributed by atoms with Crippen LogP contribution in [0.2, 0.25) is 0 Å². The lowest BCUT2D eigenvalue weighted by Crippen LogP contribution is -2.21. The standard InChI is InChI=1S/C18H18F3NO3/c1-12(2)25-16-9-4-3-8-15(16)22-17(23)11-24-14-7-5-6-13(10-14)18(19,20)21/h3-10,12H,11H2,1-2H3,(H,22,23). The molecule has 2 aromatic rings. The number of amides is 1. The number of alkyl halides is 3. The summed E-state index contributed by atoms with van der Waals surface area (Å²) in [7, 11) is 0. The zero-order chi connectivity index (χ0) is 18.4. The number of carbonyl (C=O) groups excluding carboxylic acids is 1. The predicted octanol–water partition coefficient (Wildman–Crippen LogP) is 4.51. The van der Waals surface area contributed by atoms with Gasteiger partial charge in [0.05, 0.1) is 17.4 Å². The number of carbonyl (C=O) groups is 1. The highest BCUT2D eigenvalue weighted by Crippen LogP contribution is 2.31. The molecule has 0 atom stereocenters. The van der Waals surface area contributed by atoms with Gasteiger partial charge < -0.3 is 14.8 Å². The molecule has 7 heteroatoms. The first-order valence-corrected chi connectivity index (χ1v) is 7.61. The molecular weight excluding hydrogens is 335 g/mol. The first-order valence-electron chi connectivity index (χ1n) is 7.61. The van der Waals surface area contributed by atoms with E-state index in [1.54, 1.807) is 24.3 Å². The molecule has 0 spiro atoms. The van der Waals surface area contributed by atoms with Gasteiger partial charge in [0.1, 0.15) is 11.5 Å². The number of nitrogens with one attached hydrogen (secondary N) is 1. The van der Waals surface area contributed by atoms with Crippen molar-refractivity contribution in [2.45, 2.75) is 26.1 Å². The third-order valence-corrected chi connectivity index (χ3v) is 3.06. The summed E-state index contributed by atoms with van der Waals surface area (Å²) in [5.74, 6) is -0.0289. The van der Waals surface area contributed by atoms with Gasteiger partial charge in [-0.3, -0.25) is 4.79 Å². The summed E-state index contributed by atoms with van der Waals surface area (Å²) in [6.45, 7) is 3.29. The van der Waals surface area contributed by atoms with E-state index in [0.29, 0.717) is 11.4 Å². The van der Waals surface area contributed by atoms with E-state index >= 15 is 0 Å². The van der Waals surface area contributed by atoms with Crippen LogP contribution in [-0.2, 0) is 11.0 Å². The maximum Gasteiger partial charge on any atom is 0.416 e. The number of halogens is 3. The van der Waals surface area contributed by atoms with Crippen LogP contribution in [-0.4, -0.2) is 18.6 Å². The van der Waals surface area contributed by atoms with Crippen molar-refractivity contribution in [3.63, 3.8) is 0 Å². The lowest BCUT2D eigenvalue weighted by molar-refractivity contribution is -0.137. The van der Waals surface area contributed by atoms with Gasteiger partial charge in [0, 0.05) is 0 Å². The van der Waals surface area contributed by atoms with Crippen molar-refractivity contribution in [1.29, 1.82) is 0 Å². The van der Waals surface area contributed by atoms with E-state index in [4.69, 9.17) is 9.47 Å². The minimum atomic E-state index is -4.46. The predicted molar refractivity (Wildman–Crippen MR) is 87.8 cm³/mol. The molecule has 0 saturated carbocycles. The number of rotatable bonds is 6. The van der Waals surface area contributed by atoms with Gasteiger partial charge in [-0.25, -0.2) is 0 Å². The quantitative estimate of drug-likeness (QED) is 0.831. The van der Waals surface area contributed by atoms with E-state index in [-0.39, 0.29) is 11.9 Å². The van der Waals surface area contributed by atoms with Crippen LogP contribution in [0.15, 0.2) is 48.5 Å². The van der Waals surface area contributed by atoms with Gasteiger partial charge in [-0.15, -0.1) is 0 Å². The molecule has 4 nitrogen and oxygen atoms in total. The Morgan fingerprint density at radius 2 is 1.84 bits per heavy atom. The molecule has 0 unspecified atom stereocenters. The monoisotopic (exact) mass is 353 g/mol. The lowest BCUT2D eigenvalue weighted by atomic mass is 10.2. The number of benzene rings is 2. The molecule has 134 valence electrons. The van der Waals surface area contributed by atoms with Gasteiger partial charge in [0.15, 0.2) is 6.61 Å². The Morgan fingerprint density at radius 3 is 2.52 bits per heavy atom. The first-order chi connectivity index (χ1) is 11.8.